The largest absolute Gasteiger partial charge is 0.495 e. The molecule has 4 rings (SSSR count). The molecule has 8 nitrogen and oxygen atoms in total. The lowest BCUT2D eigenvalue weighted by molar-refractivity contribution is -0.113. The van der Waals surface area contributed by atoms with Crippen LogP contribution < -0.4 is 15.4 Å². The molecule has 3 heterocycles. The lowest BCUT2D eigenvalue weighted by Crippen LogP contribution is -2.31. The Bertz CT molecular complexity index is 1040. The van der Waals surface area contributed by atoms with Gasteiger partial charge < -0.3 is 15.4 Å². The molecule has 2 N–H and O–H groups in total. The zero-order valence-electron chi connectivity index (χ0n) is 15.1. The average Bonchev–Trinajstić information content (AvgIpc) is 3.29. The summed E-state index contributed by atoms with van der Waals surface area (Å²) in [4.78, 5) is 14.3. The Morgan fingerprint density at radius 3 is 2.85 bits per heavy atom. The number of thiophene rings is 1. The van der Waals surface area contributed by atoms with E-state index in [-0.39, 0.29) is 5.91 Å². The summed E-state index contributed by atoms with van der Waals surface area (Å²) in [5, 5.41) is 19.9. The van der Waals surface area contributed by atoms with E-state index in [9.17, 15) is 4.79 Å². The first-order valence-electron chi connectivity index (χ1n) is 8.34. The summed E-state index contributed by atoms with van der Waals surface area (Å²) >= 11 is 1.58. The molecule has 138 valence electrons. The molecule has 0 spiro atoms. The number of aryl methyl sites for hydroxylation is 1. The molecule has 27 heavy (non-hydrogen) atoms. The summed E-state index contributed by atoms with van der Waals surface area (Å²) in [6.45, 7) is 3.87. The van der Waals surface area contributed by atoms with Crippen LogP contribution in [-0.4, -0.2) is 33.2 Å². The molecule has 0 bridgehead atoms. The van der Waals surface area contributed by atoms with Gasteiger partial charge in [0.2, 0.25) is 5.95 Å². The van der Waals surface area contributed by atoms with Crippen LogP contribution in [0.5, 0.6) is 5.75 Å². The fourth-order valence-corrected chi connectivity index (χ4v) is 4.17. The van der Waals surface area contributed by atoms with Gasteiger partial charge in [-0.15, -0.1) is 11.3 Å². The van der Waals surface area contributed by atoms with Crippen molar-refractivity contribution in [1.29, 1.82) is 0 Å². The number of rotatable bonds is 4. The number of tetrazole rings is 1. The lowest BCUT2D eigenvalue weighted by atomic mass is 9.98. The van der Waals surface area contributed by atoms with Crippen molar-refractivity contribution in [3.05, 3.63) is 57.4 Å². The fourth-order valence-electron chi connectivity index (χ4n) is 3.15. The second kappa shape index (κ2) is 6.84. The van der Waals surface area contributed by atoms with Gasteiger partial charge in [-0.2, -0.15) is 4.68 Å². The molecule has 1 atom stereocenters. The summed E-state index contributed by atoms with van der Waals surface area (Å²) < 4.78 is 6.98. The van der Waals surface area contributed by atoms with Crippen molar-refractivity contribution in [3.63, 3.8) is 0 Å². The predicted molar refractivity (Wildman–Crippen MR) is 103 cm³/mol. The summed E-state index contributed by atoms with van der Waals surface area (Å²) in [7, 11) is 1.57. The third kappa shape index (κ3) is 2.95. The maximum absolute atomic E-state index is 13.3. The Balaban J connectivity index is 1.77. The number of aromatic nitrogens is 4. The minimum Gasteiger partial charge on any atom is -0.495 e. The number of anilines is 2. The van der Waals surface area contributed by atoms with E-state index in [0.29, 0.717) is 28.7 Å². The zero-order valence-corrected chi connectivity index (χ0v) is 15.9. The smallest absolute Gasteiger partial charge is 0.256 e. The van der Waals surface area contributed by atoms with Crippen molar-refractivity contribution in [2.24, 2.45) is 0 Å². The molecule has 3 aromatic rings. The van der Waals surface area contributed by atoms with Crippen LogP contribution in [0.15, 0.2) is 47.0 Å². The van der Waals surface area contributed by atoms with E-state index in [4.69, 9.17) is 4.74 Å². The van der Waals surface area contributed by atoms with Crippen molar-refractivity contribution in [3.8, 4) is 5.75 Å². The molecule has 1 unspecified atom stereocenters. The van der Waals surface area contributed by atoms with Gasteiger partial charge in [-0.05, 0) is 53.4 Å². The number of hydrogen-bond donors (Lipinski definition) is 2. The van der Waals surface area contributed by atoms with Gasteiger partial charge in [-0.3, -0.25) is 4.79 Å². The Hall–Kier alpha value is -3.20. The minimum atomic E-state index is -0.397. The van der Waals surface area contributed by atoms with Gasteiger partial charge in [0.25, 0.3) is 5.91 Å². The van der Waals surface area contributed by atoms with E-state index >= 15 is 0 Å². The number of para-hydroxylation sites is 2. The van der Waals surface area contributed by atoms with Crippen molar-refractivity contribution in [1.82, 2.24) is 20.2 Å². The van der Waals surface area contributed by atoms with Gasteiger partial charge in [-0.25, -0.2) is 0 Å². The minimum absolute atomic E-state index is 0.233. The number of carbonyl (C=O) groups excluding carboxylic acids is 1. The molecule has 1 amide bonds. The fraction of sp³-hybridized carbons (Fsp3) is 0.222. The van der Waals surface area contributed by atoms with E-state index in [1.807, 2.05) is 37.4 Å². The summed E-state index contributed by atoms with van der Waals surface area (Å²) in [6.07, 6.45) is 0. The van der Waals surface area contributed by atoms with Gasteiger partial charge in [0.05, 0.1) is 18.4 Å². The normalized spacial score (nSPS) is 15.9. The molecule has 1 aliphatic rings. The maximum atomic E-state index is 13.3. The highest BCUT2D eigenvalue weighted by atomic mass is 32.1. The number of carbonyl (C=O) groups is 1. The van der Waals surface area contributed by atoms with Crippen LogP contribution in [0.1, 0.15) is 23.4 Å². The second-order valence-corrected chi connectivity index (χ2v) is 7.08. The molecule has 0 aliphatic carbocycles. The third-order valence-electron chi connectivity index (χ3n) is 4.46. The number of fused-ring (bicyclic) bond motifs is 1. The summed E-state index contributed by atoms with van der Waals surface area (Å²) in [5.41, 5.74) is 2.96. The van der Waals surface area contributed by atoms with Crippen molar-refractivity contribution >= 4 is 28.9 Å². The van der Waals surface area contributed by atoms with E-state index < -0.39 is 6.04 Å². The monoisotopic (exact) mass is 382 g/mol. The Morgan fingerprint density at radius 2 is 2.11 bits per heavy atom. The number of nitrogens with one attached hydrogen (secondary N) is 2. The first kappa shape index (κ1) is 17.2. The first-order chi connectivity index (χ1) is 13.1. The molecule has 0 saturated carbocycles. The summed E-state index contributed by atoms with van der Waals surface area (Å²) in [6, 6.07) is 8.93. The highest BCUT2D eigenvalue weighted by Gasteiger charge is 2.35. The van der Waals surface area contributed by atoms with E-state index in [0.717, 1.165) is 10.4 Å². The molecule has 0 fully saturated rings. The highest BCUT2D eigenvalue weighted by molar-refractivity contribution is 7.10. The van der Waals surface area contributed by atoms with E-state index in [1.165, 1.54) is 0 Å². The molecule has 0 saturated heterocycles. The van der Waals surface area contributed by atoms with Crippen molar-refractivity contribution < 1.29 is 9.53 Å². The predicted octanol–water partition coefficient (Wildman–Crippen LogP) is 2.98. The standard InChI is InChI=1S/C18H18N6O2S/c1-10-8-9-27-16(10)15-14(11(2)19-18-21-22-23-24(15)18)17(25)20-12-6-4-5-7-13(12)26-3/h4-9,15H,1-3H3,(H,20,25)(H,19,21,23). The molecule has 1 aromatic carbocycles. The second-order valence-electron chi connectivity index (χ2n) is 6.14. The van der Waals surface area contributed by atoms with Crippen LogP contribution in [0.4, 0.5) is 11.6 Å². The Kier molecular flexibility index (Phi) is 4.36. The number of amides is 1. The average molecular weight is 382 g/mol. The maximum Gasteiger partial charge on any atom is 0.256 e. The van der Waals surface area contributed by atoms with Crippen LogP contribution >= 0.6 is 11.3 Å². The lowest BCUT2D eigenvalue weighted by Gasteiger charge is -2.27. The van der Waals surface area contributed by atoms with Crippen LogP contribution in [0.25, 0.3) is 0 Å². The molecule has 0 radical (unpaired) electrons. The van der Waals surface area contributed by atoms with Gasteiger partial charge >= 0.3 is 0 Å². The zero-order chi connectivity index (χ0) is 19.0. The molecule has 2 aromatic heterocycles. The SMILES string of the molecule is COc1ccccc1NC(=O)C1=C(C)Nc2nnnn2C1c1sccc1C. The Labute approximate surface area is 159 Å². The van der Waals surface area contributed by atoms with Gasteiger partial charge in [-0.1, -0.05) is 17.2 Å². The number of hydrogen-bond acceptors (Lipinski definition) is 7. The topological polar surface area (TPSA) is 94.0 Å². The van der Waals surface area contributed by atoms with Gasteiger partial charge in [0.1, 0.15) is 11.8 Å². The number of nitrogens with zero attached hydrogens (tertiary/aromatic N) is 4. The molecule has 9 heteroatoms. The number of methoxy groups -OCH3 is 1. The van der Waals surface area contributed by atoms with Crippen molar-refractivity contribution in [2.45, 2.75) is 19.9 Å². The molecular formula is C18H18N6O2S. The first-order valence-corrected chi connectivity index (χ1v) is 9.22. The quantitative estimate of drug-likeness (QED) is 0.720. The van der Waals surface area contributed by atoms with Crippen LogP contribution in [0.3, 0.4) is 0 Å². The molecule has 1 aliphatic heterocycles. The van der Waals surface area contributed by atoms with E-state index in [2.05, 4.69) is 26.2 Å². The van der Waals surface area contributed by atoms with Crippen LogP contribution in [0.2, 0.25) is 0 Å². The Morgan fingerprint density at radius 1 is 1.30 bits per heavy atom. The number of benzene rings is 1. The number of ether oxygens (including phenoxy) is 1. The summed E-state index contributed by atoms with van der Waals surface area (Å²) in [5.74, 6) is 0.877. The van der Waals surface area contributed by atoms with Crippen molar-refractivity contribution in [2.75, 3.05) is 17.7 Å². The third-order valence-corrected chi connectivity index (χ3v) is 5.54. The van der Waals surface area contributed by atoms with E-state index in [1.54, 1.807) is 35.3 Å². The molecular weight excluding hydrogens is 364 g/mol. The number of allylic oxidation sites excluding steroid dienone is 1. The van der Waals surface area contributed by atoms with Crippen LogP contribution in [0, 0.1) is 6.92 Å². The van der Waals surface area contributed by atoms with Gasteiger partial charge in [0.15, 0.2) is 0 Å². The highest BCUT2D eigenvalue weighted by Crippen LogP contribution is 2.39. The van der Waals surface area contributed by atoms with Crippen LogP contribution in [-0.2, 0) is 4.79 Å². The van der Waals surface area contributed by atoms with Gasteiger partial charge in [0, 0.05) is 10.6 Å².